The van der Waals surface area contributed by atoms with Gasteiger partial charge in [-0.25, -0.2) is 0 Å². The molecule has 0 saturated heterocycles. The number of anilines is 1. The van der Waals surface area contributed by atoms with Crippen molar-refractivity contribution in [1.82, 2.24) is 15.2 Å². The zero-order chi connectivity index (χ0) is 11.4. The van der Waals surface area contributed by atoms with Crippen LogP contribution in [-0.2, 0) is 0 Å². The van der Waals surface area contributed by atoms with Crippen molar-refractivity contribution in [3.63, 3.8) is 0 Å². The van der Waals surface area contributed by atoms with Crippen LogP contribution in [0, 0.1) is 6.92 Å². The van der Waals surface area contributed by atoms with E-state index in [1.165, 1.54) is 6.20 Å². The number of amides is 1. The van der Waals surface area contributed by atoms with Gasteiger partial charge in [0, 0.05) is 12.4 Å². The number of carbonyl (C=O) groups is 1. The van der Waals surface area contributed by atoms with Crippen molar-refractivity contribution in [1.29, 1.82) is 0 Å². The largest absolute Gasteiger partial charge is 0.305 e. The molecule has 2 rings (SSSR count). The van der Waals surface area contributed by atoms with Gasteiger partial charge in [-0.2, -0.15) is 5.10 Å². The minimum atomic E-state index is -0.243. The summed E-state index contributed by atoms with van der Waals surface area (Å²) in [7, 11) is 0. The smallest absolute Gasteiger partial charge is 0.258 e. The topological polar surface area (TPSA) is 67.8 Å². The summed E-state index contributed by atoms with van der Waals surface area (Å²) in [5.41, 5.74) is 1.43. The van der Waals surface area contributed by atoms with Gasteiger partial charge in [0.2, 0.25) is 0 Å². The number of pyridine rings is 1. The summed E-state index contributed by atoms with van der Waals surface area (Å²) in [5, 5.41) is 10.2. The van der Waals surface area contributed by atoms with Crippen LogP contribution in [0.2, 0.25) is 0 Å². The molecule has 0 saturated carbocycles. The van der Waals surface area contributed by atoms with Gasteiger partial charge in [0.15, 0.2) is 5.82 Å². The Morgan fingerprint density at radius 2 is 2.25 bits per heavy atom. The third-order valence-corrected chi connectivity index (χ3v) is 1.96. The van der Waals surface area contributed by atoms with Gasteiger partial charge in [-0.3, -0.25) is 9.78 Å². The average molecular weight is 214 g/mol. The molecule has 16 heavy (non-hydrogen) atoms. The van der Waals surface area contributed by atoms with E-state index in [4.69, 9.17) is 0 Å². The van der Waals surface area contributed by atoms with E-state index in [1.807, 2.05) is 6.92 Å². The fourth-order valence-corrected chi connectivity index (χ4v) is 1.21. The summed E-state index contributed by atoms with van der Waals surface area (Å²) in [6.45, 7) is 1.88. The zero-order valence-electron chi connectivity index (χ0n) is 8.71. The van der Waals surface area contributed by atoms with Crippen molar-refractivity contribution in [2.24, 2.45) is 0 Å². The second kappa shape index (κ2) is 4.48. The van der Waals surface area contributed by atoms with E-state index in [2.05, 4.69) is 20.5 Å². The van der Waals surface area contributed by atoms with Crippen LogP contribution >= 0.6 is 0 Å². The molecule has 0 aromatic carbocycles. The Morgan fingerprint density at radius 3 is 2.94 bits per heavy atom. The first-order valence-electron chi connectivity index (χ1n) is 4.76. The van der Waals surface area contributed by atoms with Crippen molar-refractivity contribution in [2.45, 2.75) is 6.92 Å². The average Bonchev–Trinajstić information content (AvgIpc) is 2.30. The third kappa shape index (κ3) is 2.38. The molecular formula is C11H10N4O. The quantitative estimate of drug-likeness (QED) is 0.821. The fourth-order valence-electron chi connectivity index (χ4n) is 1.21. The molecule has 0 atom stereocenters. The first-order chi connectivity index (χ1) is 7.75. The lowest BCUT2D eigenvalue weighted by Crippen LogP contribution is -2.13. The summed E-state index contributed by atoms with van der Waals surface area (Å²) in [5.74, 6) is 0.196. The fraction of sp³-hybridized carbons (Fsp3) is 0.0909. The monoisotopic (exact) mass is 214 g/mol. The summed E-state index contributed by atoms with van der Waals surface area (Å²) in [4.78, 5) is 15.6. The Morgan fingerprint density at radius 1 is 1.38 bits per heavy atom. The highest BCUT2D eigenvalue weighted by molar-refractivity contribution is 6.03. The lowest BCUT2D eigenvalue weighted by Gasteiger charge is -2.03. The summed E-state index contributed by atoms with van der Waals surface area (Å²) in [6, 6.07) is 5.14. The van der Waals surface area contributed by atoms with E-state index in [-0.39, 0.29) is 5.91 Å². The lowest BCUT2D eigenvalue weighted by atomic mass is 10.2. The highest BCUT2D eigenvalue weighted by Gasteiger charge is 2.06. The van der Waals surface area contributed by atoms with Gasteiger partial charge in [0.05, 0.1) is 11.8 Å². The Labute approximate surface area is 92.6 Å². The van der Waals surface area contributed by atoms with Gasteiger partial charge >= 0.3 is 0 Å². The van der Waals surface area contributed by atoms with Gasteiger partial charge in [-0.1, -0.05) is 0 Å². The molecule has 0 aliphatic rings. The summed E-state index contributed by atoms with van der Waals surface area (Å²) < 4.78 is 0. The van der Waals surface area contributed by atoms with Crippen LogP contribution < -0.4 is 5.32 Å². The maximum Gasteiger partial charge on any atom is 0.258 e. The molecule has 0 fully saturated rings. The number of hydrogen-bond donors (Lipinski definition) is 1. The van der Waals surface area contributed by atoms with Gasteiger partial charge in [-0.05, 0) is 30.7 Å². The molecule has 2 aromatic rings. The first kappa shape index (κ1) is 10.2. The molecular weight excluding hydrogens is 204 g/mol. The van der Waals surface area contributed by atoms with Crippen molar-refractivity contribution in [2.75, 3.05) is 5.32 Å². The Hall–Kier alpha value is -2.30. The van der Waals surface area contributed by atoms with Crippen molar-refractivity contribution < 1.29 is 4.79 Å². The molecule has 0 bridgehead atoms. The van der Waals surface area contributed by atoms with Gasteiger partial charge in [0.25, 0.3) is 5.91 Å². The van der Waals surface area contributed by atoms with E-state index >= 15 is 0 Å². The molecule has 0 aliphatic carbocycles. The Balaban J connectivity index is 2.14. The second-order valence-corrected chi connectivity index (χ2v) is 3.31. The van der Waals surface area contributed by atoms with Crippen LogP contribution in [0.3, 0.4) is 0 Å². The maximum atomic E-state index is 11.7. The number of aromatic nitrogens is 3. The van der Waals surface area contributed by atoms with E-state index in [0.29, 0.717) is 11.4 Å². The molecule has 0 spiro atoms. The Bertz CT molecular complexity index is 498. The predicted molar refractivity (Wildman–Crippen MR) is 59.0 cm³/mol. The molecule has 2 aromatic heterocycles. The normalized spacial score (nSPS) is 9.81. The predicted octanol–water partition coefficient (Wildman–Crippen LogP) is 1.43. The summed E-state index contributed by atoms with van der Waals surface area (Å²) in [6.07, 6.45) is 4.74. The molecule has 1 amide bonds. The maximum absolute atomic E-state index is 11.7. The van der Waals surface area contributed by atoms with E-state index in [0.717, 1.165) is 5.56 Å². The van der Waals surface area contributed by atoms with Crippen LogP contribution in [0.1, 0.15) is 15.9 Å². The number of nitrogens with one attached hydrogen (secondary N) is 1. The molecule has 80 valence electrons. The van der Waals surface area contributed by atoms with E-state index in [9.17, 15) is 4.79 Å². The van der Waals surface area contributed by atoms with E-state index < -0.39 is 0 Å². The first-order valence-corrected chi connectivity index (χ1v) is 4.76. The SMILES string of the molecule is Cc1cnnc(NC(=O)c2cccnc2)c1. The zero-order valence-corrected chi connectivity index (χ0v) is 8.71. The number of rotatable bonds is 2. The molecule has 0 unspecified atom stereocenters. The third-order valence-electron chi connectivity index (χ3n) is 1.96. The van der Waals surface area contributed by atoms with Gasteiger partial charge in [-0.15, -0.1) is 5.10 Å². The molecule has 0 radical (unpaired) electrons. The Kier molecular flexibility index (Phi) is 2.86. The van der Waals surface area contributed by atoms with Crippen LogP contribution in [0.4, 0.5) is 5.82 Å². The van der Waals surface area contributed by atoms with Gasteiger partial charge in [0.1, 0.15) is 0 Å². The highest BCUT2D eigenvalue weighted by Crippen LogP contribution is 2.05. The number of carbonyl (C=O) groups excluding carboxylic acids is 1. The van der Waals surface area contributed by atoms with Crippen molar-refractivity contribution in [3.8, 4) is 0 Å². The van der Waals surface area contributed by atoms with Crippen LogP contribution in [0.25, 0.3) is 0 Å². The standard InChI is InChI=1S/C11H10N4O/c1-8-5-10(15-13-6-8)14-11(16)9-3-2-4-12-7-9/h2-7H,1H3,(H,14,15,16). The lowest BCUT2D eigenvalue weighted by molar-refractivity contribution is 0.102. The second-order valence-electron chi connectivity index (χ2n) is 3.31. The van der Waals surface area contributed by atoms with Crippen LogP contribution in [0.15, 0.2) is 36.8 Å². The van der Waals surface area contributed by atoms with Crippen molar-refractivity contribution >= 4 is 11.7 Å². The van der Waals surface area contributed by atoms with Crippen LogP contribution in [-0.4, -0.2) is 21.1 Å². The highest BCUT2D eigenvalue weighted by atomic mass is 16.1. The number of nitrogens with zero attached hydrogens (tertiary/aromatic N) is 3. The number of aryl methyl sites for hydroxylation is 1. The van der Waals surface area contributed by atoms with Crippen LogP contribution in [0.5, 0.6) is 0 Å². The van der Waals surface area contributed by atoms with Gasteiger partial charge < -0.3 is 5.32 Å². The molecule has 5 nitrogen and oxygen atoms in total. The van der Waals surface area contributed by atoms with Crippen molar-refractivity contribution in [3.05, 3.63) is 47.9 Å². The minimum Gasteiger partial charge on any atom is -0.305 e. The molecule has 5 heteroatoms. The molecule has 1 N–H and O–H groups in total. The van der Waals surface area contributed by atoms with E-state index in [1.54, 1.807) is 30.6 Å². The summed E-state index contributed by atoms with van der Waals surface area (Å²) >= 11 is 0. The minimum absolute atomic E-state index is 0.243. The molecule has 2 heterocycles. The molecule has 0 aliphatic heterocycles. The number of hydrogen-bond acceptors (Lipinski definition) is 4.